The van der Waals surface area contributed by atoms with E-state index in [1.54, 1.807) is 11.8 Å². The molecule has 0 bridgehead atoms. The van der Waals surface area contributed by atoms with E-state index in [2.05, 4.69) is 23.6 Å². The lowest BCUT2D eigenvalue weighted by atomic mass is 10.2. The second-order valence-corrected chi connectivity index (χ2v) is 6.93. The van der Waals surface area contributed by atoms with Crippen LogP contribution in [0.25, 0.3) is 0 Å². The number of nitrogens with one attached hydrogen (secondary N) is 2. The van der Waals surface area contributed by atoms with Gasteiger partial charge in [-0.1, -0.05) is 13.0 Å². The number of amides is 1. The Bertz CT molecular complexity index is 425. The third kappa shape index (κ3) is 5.95. The topological polar surface area (TPSA) is 41.1 Å². The van der Waals surface area contributed by atoms with Gasteiger partial charge in [0.2, 0.25) is 5.91 Å². The average Bonchev–Trinajstić information content (AvgIpc) is 2.40. The highest BCUT2D eigenvalue weighted by atomic mass is 35.5. The lowest BCUT2D eigenvalue weighted by molar-refractivity contribution is -0.116. The first-order valence-electron chi connectivity index (χ1n) is 6.62. The smallest absolute Gasteiger partial charge is 0.225 e. The summed E-state index contributed by atoms with van der Waals surface area (Å²) in [5.41, 5.74) is 0.895. The predicted molar refractivity (Wildman–Crippen MR) is 92.5 cm³/mol. The van der Waals surface area contributed by atoms with Gasteiger partial charge in [-0.3, -0.25) is 4.79 Å². The summed E-state index contributed by atoms with van der Waals surface area (Å²) in [5, 5.41) is 6.37. The van der Waals surface area contributed by atoms with Crippen molar-refractivity contribution in [2.24, 2.45) is 0 Å². The van der Waals surface area contributed by atoms with Gasteiger partial charge in [-0.2, -0.15) is 11.8 Å². The van der Waals surface area contributed by atoms with Crippen molar-refractivity contribution in [1.82, 2.24) is 5.32 Å². The molecular formula is C14H21ClN2OS2. The monoisotopic (exact) mass is 332 g/mol. The largest absolute Gasteiger partial charge is 0.326 e. The zero-order valence-corrected chi connectivity index (χ0v) is 14.0. The van der Waals surface area contributed by atoms with E-state index in [0.29, 0.717) is 12.5 Å². The number of benzene rings is 1. The lowest BCUT2D eigenvalue weighted by Crippen LogP contribution is -2.39. The van der Waals surface area contributed by atoms with Gasteiger partial charge >= 0.3 is 0 Å². The zero-order chi connectivity index (χ0) is 13.5. The summed E-state index contributed by atoms with van der Waals surface area (Å²) in [6.45, 7) is 3.13. The maximum Gasteiger partial charge on any atom is 0.225 e. The van der Waals surface area contributed by atoms with Gasteiger partial charge in [0, 0.05) is 41.1 Å². The number of hydrogen-bond donors (Lipinski definition) is 2. The van der Waals surface area contributed by atoms with Crippen LogP contribution in [0.5, 0.6) is 0 Å². The van der Waals surface area contributed by atoms with Gasteiger partial charge in [0.1, 0.15) is 0 Å². The van der Waals surface area contributed by atoms with E-state index in [9.17, 15) is 4.79 Å². The number of halogens is 1. The van der Waals surface area contributed by atoms with Crippen molar-refractivity contribution in [2.75, 3.05) is 29.1 Å². The van der Waals surface area contributed by atoms with Gasteiger partial charge in [-0.25, -0.2) is 0 Å². The van der Waals surface area contributed by atoms with Gasteiger partial charge in [0.25, 0.3) is 0 Å². The molecule has 1 saturated heterocycles. The van der Waals surface area contributed by atoms with Crippen LogP contribution in [0.2, 0.25) is 0 Å². The number of thioether (sulfide) groups is 2. The van der Waals surface area contributed by atoms with Crippen LogP contribution in [0.4, 0.5) is 5.69 Å². The van der Waals surface area contributed by atoms with Crippen LogP contribution in [0.3, 0.4) is 0 Å². The summed E-state index contributed by atoms with van der Waals surface area (Å²) in [5.74, 6) is 3.31. The molecule has 1 aromatic carbocycles. The van der Waals surface area contributed by atoms with E-state index in [1.807, 2.05) is 30.0 Å². The molecule has 2 rings (SSSR count). The highest BCUT2D eigenvalue weighted by molar-refractivity contribution is 7.99. The maximum atomic E-state index is 12.0. The van der Waals surface area contributed by atoms with Crippen LogP contribution >= 0.6 is 35.9 Å². The van der Waals surface area contributed by atoms with Crippen molar-refractivity contribution in [1.29, 1.82) is 0 Å². The molecule has 1 amide bonds. The number of rotatable bonds is 5. The highest BCUT2D eigenvalue weighted by Gasteiger charge is 2.16. The normalized spacial score (nSPS) is 18.1. The molecule has 20 heavy (non-hydrogen) atoms. The molecule has 112 valence electrons. The Morgan fingerprint density at radius 3 is 3.10 bits per heavy atom. The molecule has 6 heteroatoms. The molecule has 1 aliphatic rings. The van der Waals surface area contributed by atoms with Crippen molar-refractivity contribution < 1.29 is 4.79 Å². The molecule has 0 aliphatic carbocycles. The van der Waals surface area contributed by atoms with Crippen molar-refractivity contribution in [3.63, 3.8) is 0 Å². The molecule has 0 radical (unpaired) electrons. The Labute approximate surface area is 135 Å². The minimum Gasteiger partial charge on any atom is -0.326 e. The Kier molecular flexibility index (Phi) is 8.45. The van der Waals surface area contributed by atoms with Gasteiger partial charge in [0.05, 0.1) is 0 Å². The lowest BCUT2D eigenvalue weighted by Gasteiger charge is -2.22. The summed E-state index contributed by atoms with van der Waals surface area (Å²) >= 11 is 3.70. The van der Waals surface area contributed by atoms with E-state index in [0.717, 1.165) is 29.5 Å². The minimum absolute atomic E-state index is 0. The Balaban J connectivity index is 0.00000200. The van der Waals surface area contributed by atoms with E-state index in [-0.39, 0.29) is 18.3 Å². The standard InChI is InChI=1S/C14H20N2OS2.ClH/c1-2-19-13-5-3-4-11(8-13)16-14(17)9-12-10-18-7-6-15-12;/h3-5,8,12,15H,2,6-7,9-10H2,1H3,(H,16,17);1H. The molecule has 0 saturated carbocycles. The van der Waals surface area contributed by atoms with Crippen LogP contribution in [0.1, 0.15) is 13.3 Å². The molecule has 3 nitrogen and oxygen atoms in total. The maximum absolute atomic E-state index is 12.0. The molecule has 0 aromatic heterocycles. The second-order valence-electron chi connectivity index (χ2n) is 4.44. The second kappa shape index (κ2) is 9.55. The van der Waals surface area contributed by atoms with Crippen molar-refractivity contribution in [3.05, 3.63) is 24.3 Å². The van der Waals surface area contributed by atoms with E-state index in [1.165, 1.54) is 4.90 Å². The summed E-state index contributed by atoms with van der Waals surface area (Å²) < 4.78 is 0. The van der Waals surface area contributed by atoms with Gasteiger partial charge in [0.15, 0.2) is 0 Å². The van der Waals surface area contributed by atoms with Gasteiger partial charge in [-0.05, 0) is 24.0 Å². The SMILES string of the molecule is CCSc1cccc(NC(=O)CC2CSCCN2)c1.Cl. The number of anilines is 1. The van der Waals surface area contributed by atoms with Crippen LogP contribution < -0.4 is 10.6 Å². The van der Waals surface area contributed by atoms with Gasteiger partial charge in [-0.15, -0.1) is 24.2 Å². The zero-order valence-electron chi connectivity index (χ0n) is 11.6. The third-order valence-electron chi connectivity index (χ3n) is 2.86. The fraction of sp³-hybridized carbons (Fsp3) is 0.500. The number of carbonyl (C=O) groups excluding carboxylic acids is 1. The quantitative estimate of drug-likeness (QED) is 0.812. The summed E-state index contributed by atoms with van der Waals surface area (Å²) in [6.07, 6.45) is 0.554. The molecule has 1 aromatic rings. The number of hydrogen-bond acceptors (Lipinski definition) is 4. The van der Waals surface area contributed by atoms with Crippen LogP contribution in [-0.4, -0.2) is 35.8 Å². The minimum atomic E-state index is 0. The Morgan fingerprint density at radius 2 is 2.40 bits per heavy atom. The Morgan fingerprint density at radius 1 is 1.55 bits per heavy atom. The van der Waals surface area contributed by atoms with E-state index < -0.39 is 0 Å². The highest BCUT2D eigenvalue weighted by Crippen LogP contribution is 2.21. The molecule has 2 N–H and O–H groups in total. The third-order valence-corrected chi connectivity index (χ3v) is 4.87. The fourth-order valence-electron chi connectivity index (χ4n) is 2.02. The van der Waals surface area contributed by atoms with E-state index >= 15 is 0 Å². The van der Waals surface area contributed by atoms with E-state index in [4.69, 9.17) is 0 Å². The van der Waals surface area contributed by atoms with Crippen LogP contribution in [0.15, 0.2) is 29.2 Å². The fourth-order valence-corrected chi connectivity index (χ4v) is 3.68. The van der Waals surface area contributed by atoms with Crippen molar-refractivity contribution in [2.45, 2.75) is 24.3 Å². The first-order chi connectivity index (χ1) is 9.28. The summed E-state index contributed by atoms with van der Waals surface area (Å²) in [6, 6.07) is 8.35. The molecule has 1 unspecified atom stereocenters. The molecule has 0 spiro atoms. The average molecular weight is 333 g/mol. The first-order valence-corrected chi connectivity index (χ1v) is 8.76. The summed E-state index contributed by atoms with van der Waals surface area (Å²) in [4.78, 5) is 13.2. The Hall–Kier alpha value is -0.360. The van der Waals surface area contributed by atoms with Crippen LogP contribution in [0, 0.1) is 0 Å². The van der Waals surface area contributed by atoms with Crippen molar-refractivity contribution >= 4 is 47.5 Å². The van der Waals surface area contributed by atoms with Gasteiger partial charge < -0.3 is 10.6 Å². The van der Waals surface area contributed by atoms with Crippen LogP contribution in [-0.2, 0) is 4.79 Å². The molecule has 1 atom stereocenters. The molecule has 1 aliphatic heterocycles. The summed E-state index contributed by atoms with van der Waals surface area (Å²) in [7, 11) is 0. The molecule has 1 fully saturated rings. The molecular weight excluding hydrogens is 312 g/mol. The number of carbonyl (C=O) groups is 1. The van der Waals surface area contributed by atoms with Crippen molar-refractivity contribution in [3.8, 4) is 0 Å². The molecule has 1 heterocycles. The predicted octanol–water partition coefficient (Wildman–Crippen LogP) is 3.25. The first kappa shape index (κ1) is 17.7.